The first-order valence-electron chi connectivity index (χ1n) is 4.60. The lowest BCUT2D eigenvalue weighted by Crippen LogP contribution is -2.23. The van der Waals surface area contributed by atoms with E-state index >= 15 is 0 Å². The van der Waals surface area contributed by atoms with Crippen LogP contribution in [0.5, 0.6) is 0 Å². The van der Waals surface area contributed by atoms with Crippen LogP contribution in [0.25, 0.3) is 0 Å². The van der Waals surface area contributed by atoms with Gasteiger partial charge in [0.1, 0.15) is 0 Å². The van der Waals surface area contributed by atoms with Gasteiger partial charge in [0.15, 0.2) is 0 Å². The van der Waals surface area contributed by atoms with Crippen molar-refractivity contribution in [1.29, 1.82) is 0 Å². The van der Waals surface area contributed by atoms with Crippen LogP contribution in [-0.2, 0) is 6.54 Å². The van der Waals surface area contributed by atoms with Crippen LogP contribution in [0, 0.1) is 11.8 Å². The van der Waals surface area contributed by atoms with E-state index in [4.69, 9.17) is 5.73 Å². The summed E-state index contributed by atoms with van der Waals surface area (Å²) < 4.78 is 0. The van der Waals surface area contributed by atoms with Crippen molar-refractivity contribution in [3.05, 3.63) is 29.6 Å². The van der Waals surface area contributed by atoms with Gasteiger partial charge in [-0.1, -0.05) is 5.92 Å². The normalized spacial score (nSPS) is 8.93. The molecule has 0 aliphatic heterocycles. The highest BCUT2D eigenvalue weighted by Gasteiger charge is 2.04. The van der Waals surface area contributed by atoms with Crippen LogP contribution < -0.4 is 11.1 Å². The third-order valence-corrected chi connectivity index (χ3v) is 1.80. The minimum Gasteiger partial charge on any atom is -0.341 e. The first kappa shape index (κ1) is 11.2. The standard InChI is InChI=1S/C11H13N3O/c1-2-3-5-14-11(15)9-4-6-13-10(7-9)8-12/h4,6-7H,5,8,12H2,1H3,(H,14,15). The molecule has 1 amide bonds. The maximum atomic E-state index is 11.5. The van der Waals surface area contributed by atoms with Crippen LogP contribution in [0.2, 0.25) is 0 Å². The summed E-state index contributed by atoms with van der Waals surface area (Å²) in [6.07, 6.45) is 1.57. The number of amides is 1. The van der Waals surface area contributed by atoms with Gasteiger partial charge in [-0.2, -0.15) is 0 Å². The average molecular weight is 203 g/mol. The zero-order valence-electron chi connectivity index (χ0n) is 8.58. The lowest BCUT2D eigenvalue weighted by Gasteiger charge is -2.02. The molecule has 0 aliphatic carbocycles. The minimum atomic E-state index is -0.158. The van der Waals surface area contributed by atoms with E-state index in [0.717, 1.165) is 0 Å². The van der Waals surface area contributed by atoms with E-state index in [1.807, 2.05) is 0 Å². The van der Waals surface area contributed by atoms with Gasteiger partial charge < -0.3 is 11.1 Å². The number of rotatable bonds is 3. The smallest absolute Gasteiger partial charge is 0.252 e. The summed E-state index contributed by atoms with van der Waals surface area (Å²) in [5, 5.41) is 2.67. The fourth-order valence-corrected chi connectivity index (χ4v) is 1.05. The second kappa shape index (κ2) is 5.78. The average Bonchev–Trinajstić information content (AvgIpc) is 2.29. The molecular weight excluding hydrogens is 190 g/mol. The first-order valence-corrected chi connectivity index (χ1v) is 4.60. The highest BCUT2D eigenvalue weighted by Crippen LogP contribution is 2.00. The maximum absolute atomic E-state index is 11.5. The number of nitrogens with one attached hydrogen (secondary N) is 1. The van der Waals surface area contributed by atoms with Crippen LogP contribution >= 0.6 is 0 Å². The lowest BCUT2D eigenvalue weighted by atomic mass is 10.2. The highest BCUT2D eigenvalue weighted by atomic mass is 16.1. The molecule has 1 rings (SSSR count). The molecular formula is C11H13N3O. The minimum absolute atomic E-state index is 0.158. The lowest BCUT2D eigenvalue weighted by molar-refractivity contribution is 0.0958. The van der Waals surface area contributed by atoms with Crippen molar-refractivity contribution in [2.75, 3.05) is 6.54 Å². The zero-order chi connectivity index (χ0) is 11.1. The fourth-order valence-electron chi connectivity index (χ4n) is 1.05. The Balaban J connectivity index is 2.67. The monoisotopic (exact) mass is 203 g/mol. The third kappa shape index (κ3) is 3.41. The SMILES string of the molecule is CC#CCNC(=O)c1ccnc(CN)c1. The Morgan fingerprint density at radius 1 is 1.67 bits per heavy atom. The molecule has 4 heteroatoms. The van der Waals surface area contributed by atoms with Gasteiger partial charge in [0.05, 0.1) is 12.2 Å². The summed E-state index contributed by atoms with van der Waals surface area (Å²) >= 11 is 0. The molecule has 0 radical (unpaired) electrons. The molecule has 0 aliphatic rings. The largest absolute Gasteiger partial charge is 0.341 e. The Morgan fingerprint density at radius 2 is 2.47 bits per heavy atom. The van der Waals surface area contributed by atoms with Gasteiger partial charge in [0, 0.05) is 18.3 Å². The topological polar surface area (TPSA) is 68.0 Å². The van der Waals surface area contributed by atoms with Crippen LogP contribution in [0.3, 0.4) is 0 Å². The molecule has 0 spiro atoms. The number of hydrogen-bond acceptors (Lipinski definition) is 3. The summed E-state index contributed by atoms with van der Waals surface area (Å²) in [5.74, 6) is 5.30. The van der Waals surface area contributed by atoms with E-state index in [9.17, 15) is 4.79 Å². The Morgan fingerprint density at radius 3 is 3.13 bits per heavy atom. The number of nitrogens with two attached hydrogens (primary N) is 1. The second-order valence-corrected chi connectivity index (χ2v) is 2.85. The molecule has 0 saturated carbocycles. The van der Waals surface area contributed by atoms with E-state index in [0.29, 0.717) is 24.3 Å². The van der Waals surface area contributed by atoms with Crippen LogP contribution in [0.1, 0.15) is 23.0 Å². The predicted molar refractivity (Wildman–Crippen MR) is 57.9 cm³/mol. The predicted octanol–water partition coefficient (Wildman–Crippen LogP) is 0.293. The number of pyridine rings is 1. The number of nitrogens with zero attached hydrogens (tertiary/aromatic N) is 1. The van der Waals surface area contributed by atoms with E-state index in [1.165, 1.54) is 0 Å². The van der Waals surface area contributed by atoms with Crippen molar-refractivity contribution in [2.24, 2.45) is 5.73 Å². The van der Waals surface area contributed by atoms with Crippen molar-refractivity contribution < 1.29 is 4.79 Å². The Labute approximate surface area is 88.9 Å². The molecule has 0 unspecified atom stereocenters. The molecule has 78 valence electrons. The Hall–Kier alpha value is -1.86. The number of carbonyl (C=O) groups is 1. The Kier molecular flexibility index (Phi) is 4.32. The van der Waals surface area contributed by atoms with Gasteiger partial charge in [-0.25, -0.2) is 0 Å². The van der Waals surface area contributed by atoms with Crippen LogP contribution in [0.4, 0.5) is 0 Å². The molecule has 1 heterocycles. The number of hydrogen-bond donors (Lipinski definition) is 2. The van der Waals surface area contributed by atoms with Crippen molar-refractivity contribution in [3.63, 3.8) is 0 Å². The third-order valence-electron chi connectivity index (χ3n) is 1.80. The molecule has 0 aromatic carbocycles. The van der Waals surface area contributed by atoms with Crippen LogP contribution in [-0.4, -0.2) is 17.4 Å². The summed E-state index contributed by atoms with van der Waals surface area (Å²) in [5.41, 5.74) is 6.68. The van der Waals surface area contributed by atoms with E-state index < -0.39 is 0 Å². The van der Waals surface area contributed by atoms with Crippen molar-refractivity contribution in [1.82, 2.24) is 10.3 Å². The van der Waals surface area contributed by atoms with Gasteiger partial charge in [-0.3, -0.25) is 9.78 Å². The van der Waals surface area contributed by atoms with Gasteiger partial charge >= 0.3 is 0 Å². The van der Waals surface area contributed by atoms with Crippen molar-refractivity contribution in [2.45, 2.75) is 13.5 Å². The van der Waals surface area contributed by atoms with Gasteiger partial charge in [0.25, 0.3) is 5.91 Å². The van der Waals surface area contributed by atoms with Crippen molar-refractivity contribution in [3.8, 4) is 11.8 Å². The van der Waals surface area contributed by atoms with Gasteiger partial charge in [0.2, 0.25) is 0 Å². The van der Waals surface area contributed by atoms with Crippen LogP contribution in [0.15, 0.2) is 18.3 Å². The van der Waals surface area contributed by atoms with E-state index in [-0.39, 0.29) is 5.91 Å². The molecule has 0 fully saturated rings. The van der Waals surface area contributed by atoms with E-state index in [1.54, 1.807) is 25.3 Å². The zero-order valence-corrected chi connectivity index (χ0v) is 8.58. The number of carbonyl (C=O) groups excluding carboxylic acids is 1. The number of aromatic nitrogens is 1. The fraction of sp³-hybridized carbons (Fsp3) is 0.273. The second-order valence-electron chi connectivity index (χ2n) is 2.85. The highest BCUT2D eigenvalue weighted by molar-refractivity contribution is 5.94. The van der Waals surface area contributed by atoms with E-state index in [2.05, 4.69) is 22.1 Å². The molecule has 3 N–H and O–H groups in total. The quantitative estimate of drug-likeness (QED) is 0.694. The molecule has 0 atom stereocenters. The molecule has 0 saturated heterocycles. The molecule has 0 bridgehead atoms. The Bertz CT molecular complexity index is 404. The molecule has 1 aromatic heterocycles. The molecule has 15 heavy (non-hydrogen) atoms. The summed E-state index contributed by atoms with van der Waals surface area (Å²) in [6, 6.07) is 3.32. The molecule has 4 nitrogen and oxygen atoms in total. The van der Waals surface area contributed by atoms with Gasteiger partial charge in [-0.15, -0.1) is 5.92 Å². The summed E-state index contributed by atoms with van der Waals surface area (Å²) in [7, 11) is 0. The first-order chi connectivity index (χ1) is 7.27. The molecule has 1 aromatic rings. The summed E-state index contributed by atoms with van der Waals surface area (Å²) in [4.78, 5) is 15.5. The van der Waals surface area contributed by atoms with Crippen molar-refractivity contribution >= 4 is 5.91 Å². The summed E-state index contributed by atoms with van der Waals surface area (Å²) in [6.45, 7) is 2.41. The van der Waals surface area contributed by atoms with Gasteiger partial charge in [-0.05, 0) is 19.1 Å². The maximum Gasteiger partial charge on any atom is 0.252 e.